The highest BCUT2D eigenvalue weighted by Crippen LogP contribution is 2.63. The molecule has 5 rings (SSSR count). The number of rotatable bonds is 1. The molecule has 0 aromatic heterocycles. The minimum atomic E-state index is -1.40. The van der Waals surface area contributed by atoms with Crippen molar-refractivity contribution < 1.29 is 14.6 Å². The number of fused-ring (bicyclic) bond motifs is 4. The highest BCUT2D eigenvalue weighted by Gasteiger charge is 2.59. The molecule has 4 aliphatic rings. The third-order valence-electron chi connectivity index (χ3n) is 8.69. The number of allylic oxidation sites excluding steroid dienone is 3. The third-order valence-corrected chi connectivity index (χ3v) is 8.69. The second-order valence-electron chi connectivity index (χ2n) is 10.8. The predicted octanol–water partition coefficient (Wildman–Crippen LogP) is 4.92. The minimum Gasteiger partial charge on any atom is -0.393 e. The van der Waals surface area contributed by atoms with Crippen LogP contribution in [0.25, 0.3) is 5.57 Å². The highest BCUT2D eigenvalue weighted by atomic mass is 19.1. The maximum Gasteiger partial charge on any atom is 0.120 e. The first-order valence-electron chi connectivity index (χ1n) is 12.3. The predicted molar refractivity (Wildman–Crippen MR) is 129 cm³/mol. The van der Waals surface area contributed by atoms with Crippen LogP contribution in [0.4, 0.5) is 4.39 Å². The fraction of sp³-hybridized carbons (Fsp3) is 0.607. The number of hydrogen-bond donors (Lipinski definition) is 3. The monoisotopic (exact) mass is 452 g/mol. The van der Waals surface area contributed by atoms with Crippen molar-refractivity contribution in [1.29, 1.82) is 5.26 Å². The lowest BCUT2D eigenvalue weighted by Crippen LogP contribution is -2.49. The summed E-state index contributed by atoms with van der Waals surface area (Å²) in [6.45, 7) is 2.23. The number of aliphatic hydroxyl groups is 2. The van der Waals surface area contributed by atoms with E-state index < -0.39 is 17.4 Å². The molecule has 5 unspecified atom stereocenters. The summed E-state index contributed by atoms with van der Waals surface area (Å²) in [4.78, 5) is 0. The van der Waals surface area contributed by atoms with Gasteiger partial charge in [0.05, 0.1) is 23.3 Å². The largest absolute Gasteiger partial charge is 0.393 e. The molecule has 0 saturated heterocycles. The van der Waals surface area contributed by atoms with Crippen molar-refractivity contribution in [3.05, 3.63) is 53.1 Å². The van der Waals surface area contributed by atoms with Crippen LogP contribution in [-0.2, 0) is 0 Å². The molecule has 0 amide bonds. The van der Waals surface area contributed by atoms with Gasteiger partial charge >= 0.3 is 0 Å². The number of hydrogen-bond acceptors (Lipinski definition) is 4. The summed E-state index contributed by atoms with van der Waals surface area (Å²) < 4.78 is 16.0. The third kappa shape index (κ3) is 4.07. The summed E-state index contributed by atoms with van der Waals surface area (Å²) in [6, 6.07) is 9.87. The summed E-state index contributed by atoms with van der Waals surface area (Å²) in [5, 5.41) is 34.0. The summed E-state index contributed by atoms with van der Waals surface area (Å²) >= 11 is 0. The van der Waals surface area contributed by atoms with E-state index in [1.54, 1.807) is 0 Å². The lowest BCUT2D eigenvalue weighted by molar-refractivity contribution is -0.0359. The maximum atomic E-state index is 16.0. The van der Waals surface area contributed by atoms with Crippen LogP contribution in [0.15, 0.2) is 42.0 Å². The van der Waals surface area contributed by atoms with Crippen molar-refractivity contribution in [3.8, 4) is 6.07 Å². The van der Waals surface area contributed by atoms with Crippen LogP contribution >= 0.6 is 0 Å². The van der Waals surface area contributed by atoms with Gasteiger partial charge in [0, 0.05) is 24.2 Å². The van der Waals surface area contributed by atoms with E-state index in [9.17, 15) is 10.2 Å². The van der Waals surface area contributed by atoms with Gasteiger partial charge < -0.3 is 15.5 Å². The van der Waals surface area contributed by atoms with Crippen LogP contribution in [0.2, 0.25) is 0 Å². The normalized spacial score (nSPS) is 39.4. The first kappa shape index (κ1) is 24.1. The van der Waals surface area contributed by atoms with E-state index in [2.05, 4.69) is 30.5 Å². The van der Waals surface area contributed by atoms with Crippen molar-refractivity contribution in [2.75, 3.05) is 14.1 Å². The van der Waals surface area contributed by atoms with E-state index in [0.29, 0.717) is 31.2 Å². The van der Waals surface area contributed by atoms with Gasteiger partial charge in [-0.25, -0.2) is 4.39 Å². The Morgan fingerprint density at radius 3 is 2.48 bits per heavy atom. The average Bonchev–Trinajstić information content (AvgIpc) is 3.09. The van der Waals surface area contributed by atoms with Gasteiger partial charge in [-0.15, -0.1) is 0 Å². The standard InChI is InChI=1S/C26H30FNO2.C2H7N/c1-24-12-10-20-14-25(27)15-21(29)7-6-19(25)11-13-26(20,30)23(24)9-8-22(24)18-4-2-17(16-28)3-5-18;1-3-2/h2-5,8,10,19,21,23,29-30H,6-7,9,11-15H2,1H3;3H,1-2H3/t19?,21?,23?,24?,25?,26-;/m1./s1. The van der Waals surface area contributed by atoms with Crippen LogP contribution in [-0.4, -0.2) is 41.7 Å². The van der Waals surface area contributed by atoms with Gasteiger partial charge in [-0.05, 0) is 87.4 Å². The van der Waals surface area contributed by atoms with E-state index in [1.165, 1.54) is 5.57 Å². The number of nitrogens with one attached hydrogen (secondary N) is 1. The number of aliphatic hydroxyl groups excluding tert-OH is 1. The number of alkyl halides is 1. The van der Waals surface area contributed by atoms with Crippen LogP contribution in [0, 0.1) is 28.6 Å². The zero-order valence-electron chi connectivity index (χ0n) is 20.1. The number of halogens is 1. The molecule has 1 aromatic carbocycles. The van der Waals surface area contributed by atoms with Crippen LogP contribution in [0.3, 0.4) is 0 Å². The zero-order valence-corrected chi connectivity index (χ0v) is 20.1. The SMILES string of the molecule is CC12CC=C3CC4(F)CC(O)CCC4CC[C@]3(O)C1CC=C2c1ccc(C#N)cc1.CNC. The van der Waals surface area contributed by atoms with Crippen molar-refractivity contribution in [2.24, 2.45) is 17.3 Å². The molecule has 4 nitrogen and oxygen atoms in total. The van der Waals surface area contributed by atoms with Crippen molar-refractivity contribution in [3.63, 3.8) is 0 Å². The molecule has 4 aliphatic carbocycles. The molecule has 0 heterocycles. The molecule has 3 N–H and O–H groups in total. The van der Waals surface area contributed by atoms with E-state index in [4.69, 9.17) is 5.26 Å². The lowest BCUT2D eigenvalue weighted by Gasteiger charge is -2.49. The molecule has 1 aromatic rings. The summed E-state index contributed by atoms with van der Waals surface area (Å²) in [6.07, 6.45) is 8.44. The number of nitriles is 1. The first-order valence-corrected chi connectivity index (χ1v) is 12.3. The van der Waals surface area contributed by atoms with Crippen molar-refractivity contribution in [2.45, 2.75) is 75.7 Å². The van der Waals surface area contributed by atoms with Gasteiger partial charge in [-0.3, -0.25) is 0 Å². The molecule has 2 fully saturated rings. The van der Waals surface area contributed by atoms with Gasteiger partial charge in [0.25, 0.3) is 0 Å². The topological polar surface area (TPSA) is 76.3 Å². The van der Waals surface area contributed by atoms with Gasteiger partial charge in [0.15, 0.2) is 0 Å². The van der Waals surface area contributed by atoms with Gasteiger partial charge in [-0.1, -0.05) is 31.2 Å². The first-order chi connectivity index (χ1) is 15.7. The zero-order chi connectivity index (χ0) is 23.9. The van der Waals surface area contributed by atoms with Gasteiger partial charge in [0.1, 0.15) is 5.67 Å². The Hall–Kier alpha value is -2.00. The average molecular weight is 453 g/mol. The van der Waals surface area contributed by atoms with Crippen LogP contribution < -0.4 is 5.32 Å². The quantitative estimate of drug-likeness (QED) is 0.529. The van der Waals surface area contributed by atoms with E-state index in [1.807, 2.05) is 38.4 Å². The Balaban J connectivity index is 0.000000821. The second kappa shape index (κ2) is 8.98. The van der Waals surface area contributed by atoms with Crippen molar-refractivity contribution in [1.82, 2.24) is 5.32 Å². The molecule has 0 aliphatic heterocycles. The minimum absolute atomic E-state index is 0.0318. The van der Waals surface area contributed by atoms with E-state index in [0.717, 1.165) is 24.0 Å². The molecule has 2 saturated carbocycles. The summed E-state index contributed by atoms with van der Waals surface area (Å²) in [5.41, 5.74) is 1.25. The fourth-order valence-corrected chi connectivity index (χ4v) is 7.00. The fourth-order valence-electron chi connectivity index (χ4n) is 7.00. The van der Waals surface area contributed by atoms with Crippen molar-refractivity contribution >= 4 is 5.57 Å². The highest BCUT2D eigenvalue weighted by molar-refractivity contribution is 5.74. The Bertz CT molecular complexity index is 981. The molecular weight excluding hydrogens is 415 g/mol. The Labute approximate surface area is 197 Å². The maximum absolute atomic E-state index is 16.0. The van der Waals surface area contributed by atoms with Gasteiger partial charge in [-0.2, -0.15) is 5.26 Å². The summed E-state index contributed by atoms with van der Waals surface area (Å²) in [5.74, 6) is -0.0423. The molecule has 178 valence electrons. The second-order valence-corrected chi connectivity index (χ2v) is 10.8. The lowest BCUT2D eigenvalue weighted by atomic mass is 9.58. The van der Waals surface area contributed by atoms with Gasteiger partial charge in [0.2, 0.25) is 0 Å². The molecule has 33 heavy (non-hydrogen) atoms. The molecule has 0 bridgehead atoms. The Kier molecular flexibility index (Phi) is 6.57. The molecule has 6 atom stereocenters. The van der Waals surface area contributed by atoms with Crippen LogP contribution in [0.5, 0.6) is 0 Å². The van der Waals surface area contributed by atoms with E-state index in [-0.39, 0.29) is 30.1 Å². The van der Waals surface area contributed by atoms with E-state index >= 15 is 4.39 Å². The number of nitrogens with zero attached hydrogens (tertiary/aromatic N) is 1. The molecule has 5 heteroatoms. The Morgan fingerprint density at radius 1 is 1.12 bits per heavy atom. The molecular formula is C28H37FN2O2. The smallest absolute Gasteiger partial charge is 0.120 e. The molecule has 0 radical (unpaired) electrons. The van der Waals surface area contributed by atoms with Crippen LogP contribution in [0.1, 0.15) is 69.4 Å². The number of benzene rings is 1. The molecule has 0 spiro atoms. The Morgan fingerprint density at radius 2 is 1.82 bits per heavy atom. The summed E-state index contributed by atoms with van der Waals surface area (Å²) in [7, 11) is 3.75.